The van der Waals surface area contributed by atoms with Gasteiger partial charge >= 0.3 is 0 Å². The summed E-state index contributed by atoms with van der Waals surface area (Å²) in [7, 11) is 0. The Kier molecular flexibility index (Phi) is 4.40. The fourth-order valence-electron chi connectivity index (χ4n) is 1.34. The summed E-state index contributed by atoms with van der Waals surface area (Å²) in [4.78, 5) is 0. The monoisotopic (exact) mass is 194 g/mol. The van der Waals surface area contributed by atoms with Gasteiger partial charge in [0.2, 0.25) is 0 Å². The highest BCUT2D eigenvalue weighted by Crippen LogP contribution is 2.11. The van der Waals surface area contributed by atoms with E-state index < -0.39 is 0 Å². The first-order valence-electron chi connectivity index (χ1n) is 4.99. The molecule has 3 heteroatoms. The summed E-state index contributed by atoms with van der Waals surface area (Å²) in [5.41, 5.74) is 2.17. The molecule has 1 aromatic heterocycles. The van der Waals surface area contributed by atoms with E-state index in [0.717, 1.165) is 37.4 Å². The van der Waals surface area contributed by atoms with Crippen LogP contribution in [-0.2, 0) is 6.54 Å². The third-order valence-electron chi connectivity index (χ3n) is 2.24. The molecule has 78 valence electrons. The first-order valence-corrected chi connectivity index (χ1v) is 4.99. The second kappa shape index (κ2) is 5.60. The molecule has 0 fully saturated rings. The molecule has 0 saturated carbocycles. The first kappa shape index (κ1) is 11.0. The standard InChI is InChI=1S/C11H18N2O/c1-4-5-6-7-12-8-11-9(2)13-14-10(11)3/h4,12H,1,5-8H2,2-3H3. The lowest BCUT2D eigenvalue weighted by Gasteiger charge is -2.02. The summed E-state index contributed by atoms with van der Waals surface area (Å²) >= 11 is 0. The molecule has 0 aliphatic rings. The Morgan fingerprint density at radius 1 is 1.50 bits per heavy atom. The average molecular weight is 194 g/mol. The van der Waals surface area contributed by atoms with Gasteiger partial charge in [-0.15, -0.1) is 6.58 Å². The molecule has 0 amide bonds. The SMILES string of the molecule is C=CCCCNCc1c(C)noc1C. The van der Waals surface area contributed by atoms with Crippen molar-refractivity contribution < 1.29 is 4.52 Å². The number of rotatable bonds is 6. The molecule has 0 unspecified atom stereocenters. The average Bonchev–Trinajstić information content (AvgIpc) is 2.48. The van der Waals surface area contributed by atoms with Gasteiger partial charge in [-0.05, 0) is 33.2 Å². The summed E-state index contributed by atoms with van der Waals surface area (Å²) in [6.45, 7) is 9.45. The zero-order valence-electron chi connectivity index (χ0n) is 8.97. The third kappa shape index (κ3) is 3.00. The molecule has 0 spiro atoms. The normalized spacial score (nSPS) is 10.4. The van der Waals surface area contributed by atoms with Crippen LogP contribution >= 0.6 is 0 Å². The number of nitrogens with one attached hydrogen (secondary N) is 1. The molecule has 1 heterocycles. The zero-order chi connectivity index (χ0) is 10.4. The number of aromatic nitrogens is 1. The summed E-state index contributed by atoms with van der Waals surface area (Å²) in [5, 5.41) is 7.26. The van der Waals surface area contributed by atoms with E-state index in [9.17, 15) is 0 Å². The van der Waals surface area contributed by atoms with Gasteiger partial charge in [0, 0.05) is 12.1 Å². The maximum absolute atomic E-state index is 5.07. The van der Waals surface area contributed by atoms with Gasteiger partial charge in [0.25, 0.3) is 0 Å². The smallest absolute Gasteiger partial charge is 0.138 e. The van der Waals surface area contributed by atoms with E-state index in [2.05, 4.69) is 17.1 Å². The maximum atomic E-state index is 5.07. The molecular formula is C11H18N2O. The van der Waals surface area contributed by atoms with Gasteiger partial charge in [-0.1, -0.05) is 11.2 Å². The van der Waals surface area contributed by atoms with Crippen molar-refractivity contribution in [3.8, 4) is 0 Å². The fourth-order valence-corrected chi connectivity index (χ4v) is 1.34. The van der Waals surface area contributed by atoms with Crippen molar-refractivity contribution in [3.05, 3.63) is 29.7 Å². The first-order chi connectivity index (χ1) is 6.75. The van der Waals surface area contributed by atoms with Gasteiger partial charge in [0.1, 0.15) is 5.76 Å². The van der Waals surface area contributed by atoms with Crippen LogP contribution < -0.4 is 5.32 Å². The van der Waals surface area contributed by atoms with Crippen molar-refractivity contribution in [2.75, 3.05) is 6.54 Å². The van der Waals surface area contributed by atoms with E-state index in [-0.39, 0.29) is 0 Å². The molecule has 0 aliphatic carbocycles. The minimum Gasteiger partial charge on any atom is -0.361 e. The number of nitrogens with zero attached hydrogens (tertiary/aromatic N) is 1. The van der Waals surface area contributed by atoms with Crippen molar-refractivity contribution in [2.45, 2.75) is 33.2 Å². The Morgan fingerprint density at radius 2 is 2.29 bits per heavy atom. The van der Waals surface area contributed by atoms with Crippen LogP contribution in [0.25, 0.3) is 0 Å². The van der Waals surface area contributed by atoms with Crippen LogP contribution in [0, 0.1) is 13.8 Å². The highest BCUT2D eigenvalue weighted by molar-refractivity contribution is 5.20. The van der Waals surface area contributed by atoms with E-state index in [0.29, 0.717) is 0 Å². The number of unbranched alkanes of at least 4 members (excludes halogenated alkanes) is 1. The third-order valence-corrected chi connectivity index (χ3v) is 2.24. The molecule has 0 bridgehead atoms. The molecule has 0 aromatic carbocycles. The van der Waals surface area contributed by atoms with E-state index in [4.69, 9.17) is 4.52 Å². The Hall–Kier alpha value is -1.09. The summed E-state index contributed by atoms with van der Waals surface area (Å²) < 4.78 is 5.07. The highest BCUT2D eigenvalue weighted by Gasteiger charge is 2.06. The number of aryl methyl sites for hydroxylation is 2. The molecular weight excluding hydrogens is 176 g/mol. The van der Waals surface area contributed by atoms with Crippen LogP contribution in [0.3, 0.4) is 0 Å². The lowest BCUT2D eigenvalue weighted by molar-refractivity contribution is 0.392. The van der Waals surface area contributed by atoms with Gasteiger partial charge in [-0.25, -0.2) is 0 Å². The van der Waals surface area contributed by atoms with Crippen LogP contribution in [0.5, 0.6) is 0 Å². The second-order valence-electron chi connectivity index (χ2n) is 3.41. The number of hydrogen-bond acceptors (Lipinski definition) is 3. The molecule has 14 heavy (non-hydrogen) atoms. The Balaban J connectivity index is 2.27. The van der Waals surface area contributed by atoms with Crippen LogP contribution in [-0.4, -0.2) is 11.7 Å². The van der Waals surface area contributed by atoms with E-state index >= 15 is 0 Å². The molecule has 0 atom stereocenters. The molecule has 0 saturated heterocycles. The van der Waals surface area contributed by atoms with Gasteiger partial charge in [-0.2, -0.15) is 0 Å². The minimum absolute atomic E-state index is 0.846. The van der Waals surface area contributed by atoms with E-state index in [1.807, 2.05) is 19.9 Å². The van der Waals surface area contributed by atoms with Crippen molar-refractivity contribution in [1.82, 2.24) is 10.5 Å². The topological polar surface area (TPSA) is 38.1 Å². The largest absolute Gasteiger partial charge is 0.361 e. The predicted octanol–water partition coefficient (Wildman–Crippen LogP) is 2.35. The van der Waals surface area contributed by atoms with Crippen LogP contribution in [0.1, 0.15) is 29.9 Å². The van der Waals surface area contributed by atoms with Crippen LogP contribution in [0.2, 0.25) is 0 Å². The molecule has 3 nitrogen and oxygen atoms in total. The Morgan fingerprint density at radius 3 is 2.86 bits per heavy atom. The van der Waals surface area contributed by atoms with Crippen molar-refractivity contribution in [2.24, 2.45) is 0 Å². The molecule has 1 rings (SSSR count). The number of hydrogen-bond donors (Lipinski definition) is 1. The summed E-state index contributed by atoms with van der Waals surface area (Å²) in [6.07, 6.45) is 4.14. The summed E-state index contributed by atoms with van der Waals surface area (Å²) in [6, 6.07) is 0. The lowest BCUT2D eigenvalue weighted by atomic mass is 10.2. The highest BCUT2D eigenvalue weighted by atomic mass is 16.5. The van der Waals surface area contributed by atoms with Crippen LogP contribution in [0.15, 0.2) is 17.2 Å². The minimum atomic E-state index is 0.846. The van der Waals surface area contributed by atoms with Gasteiger partial charge in [-0.3, -0.25) is 0 Å². The Bertz CT molecular complexity index is 272. The fraction of sp³-hybridized carbons (Fsp3) is 0.545. The van der Waals surface area contributed by atoms with E-state index in [1.54, 1.807) is 0 Å². The van der Waals surface area contributed by atoms with Gasteiger partial charge in [0.05, 0.1) is 5.69 Å². The molecule has 1 aromatic rings. The molecule has 1 N–H and O–H groups in total. The summed E-state index contributed by atoms with van der Waals surface area (Å²) in [5.74, 6) is 0.915. The maximum Gasteiger partial charge on any atom is 0.138 e. The van der Waals surface area contributed by atoms with Crippen molar-refractivity contribution >= 4 is 0 Å². The zero-order valence-corrected chi connectivity index (χ0v) is 8.97. The van der Waals surface area contributed by atoms with E-state index in [1.165, 1.54) is 5.56 Å². The number of allylic oxidation sites excluding steroid dienone is 1. The quantitative estimate of drug-likeness (QED) is 0.558. The van der Waals surface area contributed by atoms with Crippen molar-refractivity contribution in [1.29, 1.82) is 0 Å². The predicted molar refractivity (Wildman–Crippen MR) is 57.1 cm³/mol. The second-order valence-corrected chi connectivity index (χ2v) is 3.41. The van der Waals surface area contributed by atoms with Crippen molar-refractivity contribution in [3.63, 3.8) is 0 Å². The Labute approximate surface area is 85.2 Å². The van der Waals surface area contributed by atoms with Gasteiger partial charge in [0.15, 0.2) is 0 Å². The van der Waals surface area contributed by atoms with Crippen LogP contribution in [0.4, 0.5) is 0 Å². The molecule has 0 aliphatic heterocycles. The lowest BCUT2D eigenvalue weighted by Crippen LogP contribution is -2.15. The van der Waals surface area contributed by atoms with Gasteiger partial charge < -0.3 is 9.84 Å². The molecule has 0 radical (unpaired) electrons.